The molecule has 3 aromatic rings. The van der Waals surface area contributed by atoms with E-state index in [1.807, 2.05) is 0 Å². The van der Waals surface area contributed by atoms with E-state index in [1.54, 1.807) is 11.8 Å². The van der Waals surface area contributed by atoms with E-state index < -0.39 is 92.1 Å². The van der Waals surface area contributed by atoms with Crippen LogP contribution in [0.3, 0.4) is 0 Å². The van der Waals surface area contributed by atoms with Gasteiger partial charge in [-0.2, -0.15) is 13.2 Å². The number of rotatable bonds is 8. The maximum Gasteiger partial charge on any atom is 0.416 e. The van der Waals surface area contributed by atoms with E-state index in [2.05, 4.69) is 0 Å². The average Bonchev–Trinajstić information content (AvgIpc) is 3.67. The number of allylic oxidation sites excluding steroid dienone is 1. The second kappa shape index (κ2) is 12.8. The molecule has 1 fully saturated rings. The van der Waals surface area contributed by atoms with Crippen LogP contribution in [0.2, 0.25) is 0 Å². The molecule has 0 aliphatic carbocycles. The summed E-state index contributed by atoms with van der Waals surface area (Å²) >= 11 is 0.743. The zero-order valence-electron chi connectivity index (χ0n) is 25.0. The molecule has 258 valence electrons. The summed E-state index contributed by atoms with van der Waals surface area (Å²) in [6.45, 7) is -1.08. The number of benzene rings is 1. The standard InChI is InChI=1S/C28H22F3N5O11S2/c1-3-33-13-5-4-12(28(29,30)31)8-14(13)32(2)16(33)7-6-15-22(43)35(10-18(39)40)26(48-15)20-23(44)34(9-17(37)38)25(47-20)21-24(45)36(11-19(41)42)27(46)49-21/h4-8H,3,9-11H2,1-2H3,(H,37,38)(H,39,40)(H,41,42)/b15-6?,16-7?,25-21+,26-20+. The highest BCUT2D eigenvalue weighted by molar-refractivity contribution is 8.22. The van der Waals surface area contributed by atoms with Crippen LogP contribution in [0.25, 0.3) is 11.0 Å². The van der Waals surface area contributed by atoms with E-state index in [4.69, 9.17) is 9.52 Å². The SMILES string of the molecule is CCN1C(=CC=c2s/c(=c3/o/c(=C4/SC(=O)N(CC(=O)O)C4=O)n(CC(=O)O)c3=O)n(CC(=O)O)c2=O)N(C)c2cc(C(F)(F)F)ccc21. The number of amides is 2. The molecular formula is C28H22F3N5O11S2. The Labute approximate surface area is 277 Å². The number of carbonyl (C=O) groups is 5. The topological polar surface area (TPSA) is 213 Å². The third-order valence-corrected chi connectivity index (χ3v) is 9.26. The van der Waals surface area contributed by atoms with E-state index in [0.29, 0.717) is 43.4 Å². The van der Waals surface area contributed by atoms with Crippen LogP contribution in [0, 0.1) is 10.1 Å². The molecule has 2 aliphatic heterocycles. The lowest BCUT2D eigenvalue weighted by molar-refractivity contribution is -0.140. The highest BCUT2D eigenvalue weighted by Gasteiger charge is 2.39. The van der Waals surface area contributed by atoms with Crippen molar-refractivity contribution in [2.45, 2.75) is 26.2 Å². The van der Waals surface area contributed by atoms with Crippen molar-refractivity contribution in [1.29, 1.82) is 0 Å². The van der Waals surface area contributed by atoms with Gasteiger partial charge in [0.2, 0.25) is 11.0 Å². The smallest absolute Gasteiger partial charge is 0.416 e. The van der Waals surface area contributed by atoms with E-state index in [-0.39, 0.29) is 22.0 Å². The fourth-order valence-electron chi connectivity index (χ4n) is 5.08. The quantitative estimate of drug-likeness (QED) is 0.291. The first-order valence-electron chi connectivity index (χ1n) is 13.8. The minimum absolute atomic E-state index is 0.163. The van der Waals surface area contributed by atoms with Gasteiger partial charge in [0, 0.05) is 13.6 Å². The van der Waals surface area contributed by atoms with Gasteiger partial charge in [0.25, 0.3) is 22.3 Å². The summed E-state index contributed by atoms with van der Waals surface area (Å²) < 4.78 is 46.3. The van der Waals surface area contributed by atoms with Gasteiger partial charge in [0.15, 0.2) is 0 Å². The molecule has 0 spiro atoms. The second-order valence-electron chi connectivity index (χ2n) is 10.3. The molecule has 3 N–H and O–H groups in total. The number of thioether (sulfide) groups is 1. The highest BCUT2D eigenvalue weighted by atomic mass is 32.2. The molecule has 0 radical (unpaired) electrons. The number of nitrogens with zero attached hydrogens (tertiary/aromatic N) is 5. The number of thiazole rings is 1. The molecule has 2 aliphatic rings. The predicted molar refractivity (Wildman–Crippen MR) is 165 cm³/mol. The maximum absolute atomic E-state index is 13.5. The number of hydrogen-bond donors (Lipinski definition) is 3. The van der Waals surface area contributed by atoms with Crippen LogP contribution in [-0.2, 0) is 38.4 Å². The van der Waals surface area contributed by atoms with Crippen molar-refractivity contribution in [3.05, 3.63) is 76.5 Å². The molecular weight excluding hydrogens is 703 g/mol. The molecule has 2 aromatic heterocycles. The van der Waals surface area contributed by atoms with E-state index >= 15 is 0 Å². The van der Waals surface area contributed by atoms with Crippen LogP contribution in [0.5, 0.6) is 0 Å². The molecule has 2 amide bonds. The molecule has 0 bridgehead atoms. The molecule has 1 aromatic carbocycles. The number of carboxylic acids is 3. The van der Waals surface area contributed by atoms with E-state index in [1.165, 1.54) is 30.2 Å². The number of imide groups is 1. The lowest BCUT2D eigenvalue weighted by Gasteiger charge is -2.20. The Balaban J connectivity index is 1.77. The van der Waals surface area contributed by atoms with Gasteiger partial charge in [-0.25, -0.2) is 0 Å². The summed E-state index contributed by atoms with van der Waals surface area (Å²) in [5, 5.41) is 27.0. The van der Waals surface area contributed by atoms with Crippen molar-refractivity contribution >= 4 is 74.5 Å². The van der Waals surface area contributed by atoms with Crippen molar-refractivity contribution in [3.63, 3.8) is 0 Å². The zero-order chi connectivity index (χ0) is 36.1. The Morgan fingerprint density at radius 3 is 2.10 bits per heavy atom. The number of carboxylic acid groups (broad SMARTS) is 3. The second-order valence-corrected chi connectivity index (χ2v) is 12.2. The van der Waals surface area contributed by atoms with Crippen molar-refractivity contribution in [1.82, 2.24) is 14.0 Å². The van der Waals surface area contributed by atoms with Gasteiger partial charge in [0.1, 0.15) is 35.0 Å². The molecule has 4 heterocycles. The van der Waals surface area contributed by atoms with Gasteiger partial charge < -0.3 is 29.5 Å². The average molecular weight is 726 g/mol. The minimum Gasteiger partial charge on any atom is -0.480 e. The molecule has 0 saturated carbocycles. The van der Waals surface area contributed by atoms with Gasteiger partial charge >= 0.3 is 24.1 Å². The zero-order valence-corrected chi connectivity index (χ0v) is 26.6. The molecule has 16 nitrogen and oxygen atoms in total. The number of halogens is 3. The summed E-state index contributed by atoms with van der Waals surface area (Å²) in [7, 11) is 1.51. The summed E-state index contributed by atoms with van der Waals surface area (Å²) in [4.78, 5) is 89.6. The minimum atomic E-state index is -4.60. The number of hydrogen-bond acceptors (Lipinski definition) is 12. The molecule has 5 rings (SSSR count). The largest absolute Gasteiger partial charge is 0.480 e. The van der Waals surface area contributed by atoms with E-state index in [0.717, 1.165) is 12.1 Å². The lowest BCUT2D eigenvalue weighted by atomic mass is 10.1. The van der Waals surface area contributed by atoms with Crippen molar-refractivity contribution in [2.75, 3.05) is 29.9 Å². The fraction of sp³-hybridized carbons (Fsp3) is 0.250. The first-order valence-corrected chi connectivity index (χ1v) is 15.4. The number of oxazole rings is 1. The predicted octanol–water partition coefficient (Wildman–Crippen LogP) is 0.626. The van der Waals surface area contributed by atoms with Gasteiger partial charge in [-0.05, 0) is 49.0 Å². The fourth-order valence-corrected chi connectivity index (χ4v) is 6.97. The Morgan fingerprint density at radius 2 is 1.51 bits per heavy atom. The molecule has 21 heteroatoms. The van der Waals surface area contributed by atoms with Crippen molar-refractivity contribution in [2.24, 2.45) is 0 Å². The van der Waals surface area contributed by atoms with Crippen LogP contribution >= 0.6 is 23.1 Å². The van der Waals surface area contributed by atoms with Crippen LogP contribution in [-0.4, -0.2) is 78.5 Å². The maximum atomic E-state index is 13.5. The monoisotopic (exact) mass is 725 g/mol. The summed E-state index contributed by atoms with van der Waals surface area (Å²) in [6.07, 6.45) is -1.94. The Kier molecular flexibility index (Phi) is 9.08. The Morgan fingerprint density at radius 1 is 0.878 bits per heavy atom. The number of carbonyl (C=O) groups excluding carboxylic acids is 2. The molecule has 49 heavy (non-hydrogen) atoms. The number of alkyl halides is 3. The lowest BCUT2D eigenvalue weighted by Crippen LogP contribution is -2.36. The number of aliphatic carboxylic acids is 3. The van der Waals surface area contributed by atoms with Gasteiger partial charge in [0.05, 0.1) is 21.5 Å². The number of aromatic nitrogens is 2. The third kappa shape index (κ3) is 6.36. The normalized spacial score (nSPS) is 17.9. The van der Waals surface area contributed by atoms with Gasteiger partial charge in [-0.15, -0.1) is 11.3 Å². The number of fused-ring (bicyclic) bond motifs is 1. The van der Waals surface area contributed by atoms with Crippen molar-refractivity contribution < 1.29 is 56.9 Å². The Hall–Kier alpha value is -5.57. The highest BCUT2D eigenvalue weighted by Crippen LogP contribution is 2.43. The summed E-state index contributed by atoms with van der Waals surface area (Å²) in [5.74, 6) is -5.49. The van der Waals surface area contributed by atoms with Crippen LogP contribution < -0.4 is 31.0 Å². The summed E-state index contributed by atoms with van der Waals surface area (Å²) in [6, 6.07) is 3.21. The van der Waals surface area contributed by atoms with Gasteiger partial charge in [-0.3, -0.25) is 47.6 Å². The van der Waals surface area contributed by atoms with Crippen LogP contribution in [0.4, 0.5) is 29.3 Å². The number of anilines is 2. The van der Waals surface area contributed by atoms with Crippen LogP contribution in [0.15, 0.2) is 44.1 Å². The first-order chi connectivity index (χ1) is 22.9. The molecule has 0 atom stereocenters. The molecule has 0 unspecified atom stereocenters. The van der Waals surface area contributed by atoms with Crippen molar-refractivity contribution in [3.8, 4) is 0 Å². The first kappa shape index (κ1) is 34.8. The van der Waals surface area contributed by atoms with E-state index in [9.17, 15) is 56.9 Å². The molecule has 1 saturated heterocycles. The van der Waals surface area contributed by atoms with Gasteiger partial charge in [-0.1, -0.05) is 0 Å². The van der Waals surface area contributed by atoms with Crippen LogP contribution in [0.1, 0.15) is 12.5 Å². The Bertz CT molecular complexity index is 2340. The summed E-state index contributed by atoms with van der Waals surface area (Å²) in [5.41, 5.74) is -3.83. The third-order valence-electron chi connectivity index (χ3n) is 7.18.